The molecule has 2 aromatic heterocycles. The van der Waals surface area contributed by atoms with Gasteiger partial charge in [0.1, 0.15) is 6.20 Å². The Labute approximate surface area is 129 Å². The van der Waals surface area contributed by atoms with Crippen LogP contribution in [0.25, 0.3) is 11.3 Å². The summed E-state index contributed by atoms with van der Waals surface area (Å²) in [5.74, 6) is -1.31. The molecule has 0 aliphatic rings. The molecule has 1 N–H and O–H groups in total. The first kappa shape index (κ1) is 14.6. The van der Waals surface area contributed by atoms with Crippen molar-refractivity contribution in [2.75, 3.05) is 0 Å². The van der Waals surface area contributed by atoms with Crippen LogP contribution < -0.4 is 4.84 Å². The van der Waals surface area contributed by atoms with E-state index >= 15 is 0 Å². The van der Waals surface area contributed by atoms with Crippen LogP contribution in [0.5, 0.6) is 5.75 Å². The molecule has 0 spiro atoms. The number of carboxylic acids is 1. The number of pyridine rings is 1. The van der Waals surface area contributed by atoms with E-state index in [0.29, 0.717) is 11.4 Å². The molecular formula is C15H11FN4O3. The molecule has 2 heterocycles. The van der Waals surface area contributed by atoms with Crippen LogP contribution in [-0.2, 0) is 0 Å². The van der Waals surface area contributed by atoms with Crippen molar-refractivity contribution in [2.24, 2.45) is 0 Å². The van der Waals surface area contributed by atoms with Crippen LogP contribution in [0.4, 0.5) is 4.39 Å². The maximum absolute atomic E-state index is 13.3. The lowest BCUT2D eigenvalue weighted by molar-refractivity contribution is 0.0689. The molecule has 0 radical (unpaired) electrons. The zero-order chi connectivity index (χ0) is 16.4. The molecule has 0 unspecified atom stereocenters. The summed E-state index contributed by atoms with van der Waals surface area (Å²) in [5, 5.41) is 15.7. The van der Waals surface area contributed by atoms with Crippen molar-refractivity contribution in [3.8, 4) is 17.0 Å². The SMILES string of the molecule is Cc1cc(F)nc(-c2ccc(On3cc(C(=O)O)nn3)cc2)c1. The van der Waals surface area contributed by atoms with Crippen LogP contribution in [0.15, 0.2) is 42.6 Å². The molecule has 8 heteroatoms. The number of aromatic carboxylic acids is 1. The first-order valence-corrected chi connectivity index (χ1v) is 6.60. The third-order valence-electron chi connectivity index (χ3n) is 2.98. The van der Waals surface area contributed by atoms with Gasteiger partial charge in [0.25, 0.3) is 0 Å². The Morgan fingerprint density at radius 2 is 2.00 bits per heavy atom. The summed E-state index contributed by atoms with van der Waals surface area (Å²) in [6.07, 6.45) is 1.15. The van der Waals surface area contributed by atoms with Gasteiger partial charge < -0.3 is 9.94 Å². The van der Waals surface area contributed by atoms with Gasteiger partial charge in [-0.15, -0.1) is 5.10 Å². The number of nitrogens with zero attached hydrogens (tertiary/aromatic N) is 4. The predicted molar refractivity (Wildman–Crippen MR) is 77.4 cm³/mol. The second-order valence-electron chi connectivity index (χ2n) is 4.78. The number of rotatable bonds is 4. The van der Waals surface area contributed by atoms with E-state index in [1.807, 2.05) is 0 Å². The molecule has 0 atom stereocenters. The smallest absolute Gasteiger partial charge is 0.358 e. The van der Waals surface area contributed by atoms with Gasteiger partial charge >= 0.3 is 5.97 Å². The minimum atomic E-state index is -1.19. The highest BCUT2D eigenvalue weighted by atomic mass is 19.1. The van der Waals surface area contributed by atoms with Gasteiger partial charge in [-0.05, 0) is 54.1 Å². The van der Waals surface area contributed by atoms with Crippen molar-refractivity contribution in [3.63, 3.8) is 0 Å². The summed E-state index contributed by atoms with van der Waals surface area (Å²) in [6.45, 7) is 1.79. The minimum absolute atomic E-state index is 0.221. The van der Waals surface area contributed by atoms with Crippen LogP contribution in [-0.4, -0.2) is 31.2 Å². The van der Waals surface area contributed by atoms with Crippen LogP contribution in [0, 0.1) is 12.9 Å². The molecule has 1 aromatic carbocycles. The molecule has 3 aromatic rings. The zero-order valence-corrected chi connectivity index (χ0v) is 12.0. The number of halogens is 1. The summed E-state index contributed by atoms with van der Waals surface area (Å²) in [4.78, 5) is 20.8. The van der Waals surface area contributed by atoms with Gasteiger partial charge in [0.05, 0.1) is 5.69 Å². The van der Waals surface area contributed by atoms with Crippen LogP contribution in [0.1, 0.15) is 16.1 Å². The molecule has 0 saturated heterocycles. The van der Waals surface area contributed by atoms with Crippen LogP contribution >= 0.6 is 0 Å². The highest BCUT2D eigenvalue weighted by molar-refractivity contribution is 5.84. The molecular weight excluding hydrogens is 303 g/mol. The Balaban J connectivity index is 1.80. The van der Waals surface area contributed by atoms with Gasteiger partial charge in [0, 0.05) is 5.56 Å². The Bertz CT molecular complexity index is 841. The lowest BCUT2D eigenvalue weighted by Gasteiger charge is -2.05. The number of aryl methyl sites for hydroxylation is 1. The number of aromatic nitrogens is 4. The Kier molecular flexibility index (Phi) is 3.71. The van der Waals surface area contributed by atoms with Crippen molar-refractivity contribution >= 4 is 5.97 Å². The average Bonchev–Trinajstić information content (AvgIpc) is 2.96. The first-order chi connectivity index (χ1) is 11.0. The van der Waals surface area contributed by atoms with E-state index in [0.717, 1.165) is 22.2 Å². The van der Waals surface area contributed by atoms with Crippen molar-refractivity contribution in [3.05, 3.63) is 59.8 Å². The van der Waals surface area contributed by atoms with Crippen LogP contribution in [0.2, 0.25) is 0 Å². The lowest BCUT2D eigenvalue weighted by Crippen LogP contribution is -2.05. The molecule has 116 valence electrons. The zero-order valence-electron chi connectivity index (χ0n) is 12.0. The molecule has 0 aliphatic carbocycles. The van der Waals surface area contributed by atoms with E-state index in [9.17, 15) is 9.18 Å². The van der Waals surface area contributed by atoms with Gasteiger partial charge in [-0.3, -0.25) is 0 Å². The minimum Gasteiger partial charge on any atom is -0.476 e. The van der Waals surface area contributed by atoms with E-state index in [1.165, 1.54) is 6.07 Å². The maximum atomic E-state index is 13.3. The summed E-state index contributed by atoms with van der Waals surface area (Å²) in [7, 11) is 0. The number of carbonyl (C=O) groups is 1. The molecule has 23 heavy (non-hydrogen) atoms. The van der Waals surface area contributed by atoms with Crippen molar-refractivity contribution in [1.82, 2.24) is 20.1 Å². The normalized spacial score (nSPS) is 10.5. The third kappa shape index (κ3) is 3.31. The highest BCUT2D eigenvalue weighted by Gasteiger charge is 2.09. The lowest BCUT2D eigenvalue weighted by atomic mass is 10.1. The van der Waals surface area contributed by atoms with E-state index in [2.05, 4.69) is 15.3 Å². The van der Waals surface area contributed by atoms with Gasteiger partial charge in [0.2, 0.25) is 5.95 Å². The molecule has 7 nitrogen and oxygen atoms in total. The predicted octanol–water partition coefficient (Wildman–Crippen LogP) is 2.33. The van der Waals surface area contributed by atoms with Gasteiger partial charge in [-0.2, -0.15) is 4.39 Å². The number of hydrogen-bond donors (Lipinski definition) is 1. The van der Waals surface area contributed by atoms with Gasteiger partial charge in [0.15, 0.2) is 11.4 Å². The average molecular weight is 314 g/mol. The number of carboxylic acid groups (broad SMARTS) is 1. The number of hydrogen-bond acceptors (Lipinski definition) is 5. The van der Waals surface area contributed by atoms with E-state index in [4.69, 9.17) is 9.94 Å². The van der Waals surface area contributed by atoms with E-state index in [-0.39, 0.29) is 5.69 Å². The van der Waals surface area contributed by atoms with Crippen molar-refractivity contribution < 1.29 is 19.1 Å². The van der Waals surface area contributed by atoms with Crippen molar-refractivity contribution in [2.45, 2.75) is 6.92 Å². The fourth-order valence-corrected chi connectivity index (χ4v) is 1.96. The highest BCUT2D eigenvalue weighted by Crippen LogP contribution is 2.22. The summed E-state index contributed by atoms with van der Waals surface area (Å²) in [6, 6.07) is 9.83. The molecule has 0 aliphatic heterocycles. The van der Waals surface area contributed by atoms with Crippen LogP contribution in [0.3, 0.4) is 0 Å². The topological polar surface area (TPSA) is 90.1 Å². The Morgan fingerprint density at radius 1 is 1.26 bits per heavy atom. The third-order valence-corrected chi connectivity index (χ3v) is 2.98. The number of benzene rings is 1. The summed E-state index contributed by atoms with van der Waals surface area (Å²) in [5.41, 5.74) is 1.80. The summed E-state index contributed by atoms with van der Waals surface area (Å²) < 4.78 is 13.3. The second kappa shape index (κ2) is 5.84. The van der Waals surface area contributed by atoms with Gasteiger partial charge in [-0.25, -0.2) is 9.78 Å². The quantitative estimate of drug-likeness (QED) is 0.743. The second-order valence-corrected chi connectivity index (χ2v) is 4.78. The fraction of sp³-hybridized carbons (Fsp3) is 0.0667. The summed E-state index contributed by atoms with van der Waals surface area (Å²) >= 11 is 0. The molecule has 0 amide bonds. The monoisotopic (exact) mass is 314 g/mol. The molecule has 0 fully saturated rings. The van der Waals surface area contributed by atoms with Gasteiger partial charge in [-0.1, -0.05) is 4.85 Å². The van der Waals surface area contributed by atoms with E-state index < -0.39 is 11.9 Å². The first-order valence-electron chi connectivity index (χ1n) is 6.60. The Hall–Kier alpha value is -3.29. The standard InChI is InChI=1S/C15H11FN4O3/c1-9-6-12(17-14(16)7-9)10-2-4-11(5-3-10)23-20-8-13(15(21)22)18-19-20/h2-8H,1H3,(H,21,22). The molecule has 3 rings (SSSR count). The molecule has 0 saturated carbocycles. The van der Waals surface area contributed by atoms with E-state index in [1.54, 1.807) is 37.3 Å². The Morgan fingerprint density at radius 3 is 2.61 bits per heavy atom. The maximum Gasteiger partial charge on any atom is 0.358 e. The largest absolute Gasteiger partial charge is 0.476 e. The molecule has 0 bridgehead atoms. The van der Waals surface area contributed by atoms with Crippen molar-refractivity contribution in [1.29, 1.82) is 0 Å². The fourth-order valence-electron chi connectivity index (χ4n) is 1.96.